The highest BCUT2D eigenvalue weighted by molar-refractivity contribution is 5.90. The van der Waals surface area contributed by atoms with Crippen LogP contribution in [0.2, 0.25) is 0 Å². The Morgan fingerprint density at radius 2 is 1.50 bits per heavy atom. The van der Waals surface area contributed by atoms with Crippen molar-refractivity contribution in [1.29, 1.82) is 0 Å². The van der Waals surface area contributed by atoms with Gasteiger partial charge >= 0.3 is 0 Å². The molecule has 0 nitrogen and oxygen atoms in total. The number of halogens is 3. The Morgan fingerprint density at radius 1 is 0.824 bits per heavy atom. The summed E-state index contributed by atoms with van der Waals surface area (Å²) in [6, 6.07) is 12.4. The molecule has 0 aromatic heterocycles. The van der Waals surface area contributed by atoms with Gasteiger partial charge in [-0.1, -0.05) is 107 Å². The van der Waals surface area contributed by atoms with E-state index in [1.54, 1.807) is 6.07 Å². The summed E-state index contributed by atoms with van der Waals surface area (Å²) in [6.45, 7) is 5.79. The lowest BCUT2D eigenvalue weighted by atomic mass is 9.78. The van der Waals surface area contributed by atoms with Crippen LogP contribution in [0.1, 0.15) is 75.8 Å². The molecule has 1 saturated carbocycles. The van der Waals surface area contributed by atoms with Gasteiger partial charge in [0.15, 0.2) is 11.6 Å². The molecule has 0 radical (unpaired) electrons. The maximum atomic E-state index is 14.9. The predicted molar refractivity (Wildman–Crippen MR) is 137 cm³/mol. The largest absolute Gasteiger partial charge is 0.206 e. The number of hydrogen-bond donors (Lipinski definition) is 0. The Balaban J connectivity index is 1.40. The van der Waals surface area contributed by atoms with Crippen LogP contribution in [0.15, 0.2) is 49.0 Å². The zero-order valence-electron chi connectivity index (χ0n) is 20.2. The summed E-state index contributed by atoms with van der Waals surface area (Å²) in [4.78, 5) is 0. The first-order valence-corrected chi connectivity index (χ1v) is 12.8. The summed E-state index contributed by atoms with van der Waals surface area (Å²) < 4.78 is 44.2. The van der Waals surface area contributed by atoms with Crippen molar-refractivity contribution in [3.8, 4) is 11.1 Å². The van der Waals surface area contributed by atoms with Crippen LogP contribution in [0.25, 0.3) is 28.0 Å². The molecular weight excluding hydrogens is 429 g/mol. The minimum Gasteiger partial charge on any atom is -0.206 e. The van der Waals surface area contributed by atoms with Crippen LogP contribution in [0.3, 0.4) is 0 Å². The van der Waals surface area contributed by atoms with Gasteiger partial charge in [0.25, 0.3) is 0 Å². The highest BCUT2D eigenvalue weighted by atomic mass is 19.2. The number of benzene rings is 3. The van der Waals surface area contributed by atoms with Crippen LogP contribution in [0.4, 0.5) is 13.2 Å². The average molecular weight is 465 g/mol. The van der Waals surface area contributed by atoms with Gasteiger partial charge in [0, 0.05) is 11.1 Å². The lowest BCUT2D eigenvalue weighted by molar-refractivity contribution is 0.249. The van der Waals surface area contributed by atoms with Crippen LogP contribution in [0, 0.1) is 29.3 Å². The molecule has 0 bridgehead atoms. The molecule has 0 aliphatic heterocycles. The van der Waals surface area contributed by atoms with E-state index in [0.29, 0.717) is 10.9 Å². The van der Waals surface area contributed by atoms with Gasteiger partial charge in [-0.25, -0.2) is 13.2 Å². The Morgan fingerprint density at radius 3 is 2.15 bits per heavy atom. The summed E-state index contributed by atoms with van der Waals surface area (Å²) in [5.74, 6) is -1.22. The second-order valence-corrected chi connectivity index (χ2v) is 9.94. The van der Waals surface area contributed by atoms with Gasteiger partial charge in [0.1, 0.15) is 5.82 Å². The SMILES string of the molecule is C=Cc1ccc2cc(-c3ccc(CCC4CCC(CCCCC)CC4)cc3)c(F)c(F)c2c1F. The van der Waals surface area contributed by atoms with E-state index in [4.69, 9.17) is 0 Å². The van der Waals surface area contributed by atoms with E-state index in [1.165, 1.54) is 81.6 Å². The Bertz CT molecular complexity index is 1120. The second kappa shape index (κ2) is 11.3. The first kappa shape index (κ1) is 24.6. The number of aryl methyl sites for hydroxylation is 1. The summed E-state index contributed by atoms with van der Waals surface area (Å²) >= 11 is 0. The zero-order chi connectivity index (χ0) is 24.1. The van der Waals surface area contributed by atoms with E-state index in [2.05, 4.69) is 13.5 Å². The molecule has 3 heteroatoms. The third-order valence-corrected chi connectivity index (χ3v) is 7.66. The lowest BCUT2D eigenvalue weighted by Gasteiger charge is -2.28. The summed E-state index contributed by atoms with van der Waals surface area (Å²) in [7, 11) is 0. The summed E-state index contributed by atoms with van der Waals surface area (Å²) in [5.41, 5.74) is 2.14. The molecule has 0 heterocycles. The van der Waals surface area contributed by atoms with Crippen LogP contribution in [-0.4, -0.2) is 0 Å². The third kappa shape index (κ3) is 5.40. The van der Waals surface area contributed by atoms with E-state index in [1.807, 2.05) is 24.3 Å². The Hall–Kier alpha value is -2.55. The van der Waals surface area contributed by atoms with Crippen LogP contribution in [-0.2, 0) is 6.42 Å². The number of unbranched alkanes of at least 4 members (excludes halogenated alkanes) is 2. The fraction of sp³-hybridized carbons (Fsp3) is 0.419. The maximum absolute atomic E-state index is 14.9. The molecule has 0 saturated heterocycles. The summed E-state index contributed by atoms with van der Waals surface area (Å²) in [5, 5.41) is 0.0155. The molecule has 0 spiro atoms. The molecule has 0 atom stereocenters. The molecule has 1 fully saturated rings. The molecule has 180 valence electrons. The molecule has 34 heavy (non-hydrogen) atoms. The Kier molecular flexibility index (Phi) is 8.13. The smallest absolute Gasteiger partial charge is 0.170 e. The summed E-state index contributed by atoms with van der Waals surface area (Å²) in [6.07, 6.45) is 14.3. The zero-order valence-corrected chi connectivity index (χ0v) is 20.2. The van der Waals surface area contributed by atoms with Gasteiger partial charge in [-0.3, -0.25) is 0 Å². The standard InChI is InChI=1S/C31H35F3/c1-3-5-6-7-21-8-10-22(11-9-21)12-13-23-14-16-25(17-15-23)27-20-26-19-18-24(4-2)29(32)28(26)31(34)30(27)33/h4,14-22H,2-3,5-13H2,1H3. The van der Waals surface area contributed by atoms with Gasteiger partial charge < -0.3 is 0 Å². The average Bonchev–Trinajstić information content (AvgIpc) is 2.86. The van der Waals surface area contributed by atoms with Crippen molar-refractivity contribution in [2.45, 2.75) is 71.1 Å². The highest BCUT2D eigenvalue weighted by Crippen LogP contribution is 2.36. The van der Waals surface area contributed by atoms with Gasteiger partial charge in [-0.2, -0.15) is 0 Å². The third-order valence-electron chi connectivity index (χ3n) is 7.66. The molecule has 0 unspecified atom stereocenters. The van der Waals surface area contributed by atoms with E-state index >= 15 is 0 Å². The highest BCUT2D eigenvalue weighted by Gasteiger charge is 2.21. The van der Waals surface area contributed by atoms with E-state index in [9.17, 15) is 13.2 Å². The molecule has 4 rings (SSSR count). The molecule has 1 aliphatic rings. The fourth-order valence-electron chi connectivity index (χ4n) is 5.48. The van der Waals surface area contributed by atoms with Crippen LogP contribution < -0.4 is 0 Å². The number of fused-ring (bicyclic) bond motifs is 1. The molecule has 0 amide bonds. The minimum atomic E-state index is -1.15. The predicted octanol–water partition coefficient (Wildman–Crippen LogP) is 9.89. The van der Waals surface area contributed by atoms with E-state index < -0.39 is 17.5 Å². The monoisotopic (exact) mass is 464 g/mol. The normalized spacial score (nSPS) is 18.4. The van der Waals surface area contributed by atoms with Gasteiger partial charge in [-0.15, -0.1) is 0 Å². The van der Waals surface area contributed by atoms with Crippen molar-refractivity contribution in [1.82, 2.24) is 0 Å². The molecule has 1 aliphatic carbocycles. The second-order valence-electron chi connectivity index (χ2n) is 9.94. The Labute approximate surface area is 201 Å². The lowest BCUT2D eigenvalue weighted by Crippen LogP contribution is -2.15. The molecular formula is C31H35F3. The van der Waals surface area contributed by atoms with Gasteiger partial charge in [0.05, 0.1) is 5.39 Å². The quantitative estimate of drug-likeness (QED) is 0.276. The molecule has 3 aromatic carbocycles. The number of hydrogen-bond acceptors (Lipinski definition) is 0. The van der Waals surface area contributed by atoms with Crippen LogP contribution >= 0.6 is 0 Å². The van der Waals surface area contributed by atoms with Crippen molar-refractivity contribution in [3.05, 3.63) is 77.6 Å². The van der Waals surface area contributed by atoms with Gasteiger partial charge in [-0.05, 0) is 47.3 Å². The molecule has 3 aromatic rings. The fourth-order valence-corrected chi connectivity index (χ4v) is 5.48. The topological polar surface area (TPSA) is 0 Å². The first-order valence-electron chi connectivity index (χ1n) is 12.8. The van der Waals surface area contributed by atoms with Crippen molar-refractivity contribution in [2.24, 2.45) is 11.8 Å². The molecule has 0 N–H and O–H groups in total. The van der Waals surface area contributed by atoms with E-state index in [-0.39, 0.29) is 16.5 Å². The van der Waals surface area contributed by atoms with Crippen molar-refractivity contribution < 1.29 is 13.2 Å². The van der Waals surface area contributed by atoms with Crippen molar-refractivity contribution in [3.63, 3.8) is 0 Å². The maximum Gasteiger partial charge on any atom is 0.170 e. The minimum absolute atomic E-state index is 0.156. The van der Waals surface area contributed by atoms with Gasteiger partial charge in [0.2, 0.25) is 0 Å². The number of rotatable bonds is 9. The van der Waals surface area contributed by atoms with Crippen molar-refractivity contribution >= 4 is 16.8 Å². The van der Waals surface area contributed by atoms with E-state index in [0.717, 1.165) is 18.3 Å². The first-order chi connectivity index (χ1) is 16.5. The van der Waals surface area contributed by atoms with Crippen molar-refractivity contribution in [2.75, 3.05) is 0 Å². The van der Waals surface area contributed by atoms with Crippen LogP contribution in [0.5, 0.6) is 0 Å².